The molecule has 0 saturated heterocycles. The molecule has 0 aliphatic rings. The molecule has 0 spiro atoms. The summed E-state index contributed by atoms with van der Waals surface area (Å²) in [6.45, 7) is 3.44. The molecule has 0 radical (unpaired) electrons. The highest BCUT2D eigenvalue weighted by Crippen LogP contribution is 2.33. The van der Waals surface area contributed by atoms with E-state index in [0.29, 0.717) is 28.3 Å². The van der Waals surface area contributed by atoms with E-state index >= 15 is 0 Å². The highest BCUT2D eigenvalue weighted by atomic mass is 16.5. The third-order valence-electron chi connectivity index (χ3n) is 4.90. The van der Waals surface area contributed by atoms with E-state index in [1.54, 1.807) is 13.8 Å². The first kappa shape index (κ1) is 17.6. The Labute approximate surface area is 162 Å². The summed E-state index contributed by atoms with van der Waals surface area (Å²) in [5, 5.41) is 17.3. The normalized spacial score (nSPS) is 10.8. The number of aryl methyl sites for hydroxylation is 3. The van der Waals surface area contributed by atoms with Crippen LogP contribution in [0.2, 0.25) is 0 Å². The Bertz CT molecular complexity index is 1220. The molecule has 6 heteroatoms. The topological polar surface area (TPSA) is 83.8 Å². The summed E-state index contributed by atoms with van der Waals surface area (Å²) in [6.07, 6.45) is 0. The van der Waals surface area contributed by atoms with Crippen LogP contribution in [0.15, 0.2) is 53.1 Å². The predicted octanol–water partition coefficient (Wildman–Crippen LogP) is 4.57. The third-order valence-corrected chi connectivity index (χ3v) is 4.90. The van der Waals surface area contributed by atoms with Crippen LogP contribution < -0.4 is 5.32 Å². The minimum atomic E-state index is -0.258. The SMILES string of the molecule is Cc1noc(C)c1C(=O)Nc1ccc(-c2c(C#N)c3ccccc3n2C)cc1. The molecule has 2 heterocycles. The van der Waals surface area contributed by atoms with Crippen molar-refractivity contribution in [1.29, 1.82) is 5.26 Å². The van der Waals surface area contributed by atoms with Gasteiger partial charge in [-0.1, -0.05) is 35.5 Å². The first-order valence-corrected chi connectivity index (χ1v) is 8.83. The van der Waals surface area contributed by atoms with E-state index in [-0.39, 0.29) is 5.91 Å². The summed E-state index contributed by atoms with van der Waals surface area (Å²) in [7, 11) is 1.95. The summed E-state index contributed by atoms with van der Waals surface area (Å²) in [5.41, 5.74) is 5.07. The highest BCUT2D eigenvalue weighted by Gasteiger charge is 2.19. The van der Waals surface area contributed by atoms with Gasteiger partial charge in [0.25, 0.3) is 5.91 Å². The van der Waals surface area contributed by atoms with Crippen molar-refractivity contribution in [1.82, 2.24) is 9.72 Å². The number of fused-ring (bicyclic) bond motifs is 1. The van der Waals surface area contributed by atoms with E-state index in [4.69, 9.17) is 4.52 Å². The van der Waals surface area contributed by atoms with Crippen LogP contribution in [0, 0.1) is 25.2 Å². The van der Waals surface area contributed by atoms with Gasteiger partial charge in [0, 0.05) is 23.6 Å². The molecule has 0 aliphatic carbocycles. The second kappa shape index (κ2) is 6.71. The number of hydrogen-bond donors (Lipinski definition) is 1. The average Bonchev–Trinajstić information content (AvgIpc) is 3.19. The molecule has 2 aromatic heterocycles. The van der Waals surface area contributed by atoms with Gasteiger partial charge in [-0.25, -0.2) is 0 Å². The van der Waals surface area contributed by atoms with Crippen molar-refractivity contribution < 1.29 is 9.32 Å². The number of nitriles is 1. The standard InChI is InChI=1S/C22H18N4O2/c1-13-20(14(2)28-25-13)22(27)24-16-10-8-15(9-11-16)21-18(12-23)17-6-4-5-7-19(17)26(21)3/h4-11H,1-3H3,(H,24,27). The fraction of sp³-hybridized carbons (Fsp3) is 0.136. The number of benzene rings is 2. The van der Waals surface area contributed by atoms with Crippen LogP contribution in [-0.4, -0.2) is 15.6 Å². The molecule has 1 amide bonds. The maximum Gasteiger partial charge on any atom is 0.261 e. The number of amides is 1. The number of nitrogens with zero attached hydrogens (tertiary/aromatic N) is 3. The smallest absolute Gasteiger partial charge is 0.261 e. The zero-order valence-electron chi connectivity index (χ0n) is 15.8. The van der Waals surface area contributed by atoms with Crippen LogP contribution in [-0.2, 0) is 7.05 Å². The van der Waals surface area contributed by atoms with E-state index in [1.165, 1.54) is 0 Å². The van der Waals surface area contributed by atoms with Crippen molar-refractivity contribution >= 4 is 22.5 Å². The maximum absolute atomic E-state index is 12.5. The molecule has 2 aromatic carbocycles. The second-order valence-corrected chi connectivity index (χ2v) is 6.64. The third kappa shape index (κ3) is 2.74. The number of hydrogen-bond acceptors (Lipinski definition) is 4. The van der Waals surface area contributed by atoms with Gasteiger partial charge >= 0.3 is 0 Å². The molecular weight excluding hydrogens is 352 g/mol. The molecule has 1 N–H and O–H groups in total. The van der Waals surface area contributed by atoms with Crippen molar-refractivity contribution in [2.75, 3.05) is 5.32 Å². The summed E-state index contributed by atoms with van der Waals surface area (Å²) in [4.78, 5) is 12.5. The fourth-order valence-electron chi connectivity index (χ4n) is 3.56. The average molecular weight is 370 g/mol. The summed E-state index contributed by atoms with van der Waals surface area (Å²) in [6, 6.07) is 17.6. The predicted molar refractivity (Wildman–Crippen MR) is 107 cm³/mol. The summed E-state index contributed by atoms with van der Waals surface area (Å²) in [5.74, 6) is 0.229. The zero-order valence-corrected chi connectivity index (χ0v) is 15.8. The van der Waals surface area contributed by atoms with Crippen LogP contribution >= 0.6 is 0 Å². The molecule has 0 aliphatic heterocycles. The molecule has 0 fully saturated rings. The second-order valence-electron chi connectivity index (χ2n) is 6.64. The van der Waals surface area contributed by atoms with Gasteiger partial charge in [-0.05, 0) is 37.6 Å². The molecule has 0 atom stereocenters. The number of carbonyl (C=O) groups excluding carboxylic acids is 1. The molecule has 6 nitrogen and oxygen atoms in total. The number of rotatable bonds is 3. The van der Waals surface area contributed by atoms with Crippen LogP contribution in [0.5, 0.6) is 0 Å². The van der Waals surface area contributed by atoms with E-state index < -0.39 is 0 Å². The molecule has 0 saturated carbocycles. The van der Waals surface area contributed by atoms with E-state index in [1.807, 2.05) is 60.1 Å². The molecule has 0 bridgehead atoms. The van der Waals surface area contributed by atoms with Crippen molar-refractivity contribution in [3.05, 3.63) is 71.1 Å². The minimum Gasteiger partial charge on any atom is -0.361 e. The van der Waals surface area contributed by atoms with Crippen LogP contribution in [0.4, 0.5) is 5.69 Å². The number of para-hydroxylation sites is 1. The number of nitrogens with one attached hydrogen (secondary N) is 1. The Balaban J connectivity index is 1.68. The lowest BCUT2D eigenvalue weighted by Crippen LogP contribution is -2.13. The first-order valence-electron chi connectivity index (χ1n) is 8.83. The highest BCUT2D eigenvalue weighted by molar-refractivity contribution is 6.05. The monoisotopic (exact) mass is 370 g/mol. The molecule has 4 rings (SSSR count). The zero-order chi connectivity index (χ0) is 19.8. The van der Waals surface area contributed by atoms with Crippen molar-refractivity contribution in [3.63, 3.8) is 0 Å². The van der Waals surface area contributed by atoms with Crippen LogP contribution in [0.1, 0.15) is 27.4 Å². The number of carbonyl (C=O) groups is 1. The maximum atomic E-state index is 12.5. The lowest BCUT2D eigenvalue weighted by atomic mass is 10.1. The first-order chi connectivity index (χ1) is 13.5. The summed E-state index contributed by atoms with van der Waals surface area (Å²) < 4.78 is 7.07. The van der Waals surface area contributed by atoms with Crippen LogP contribution in [0.25, 0.3) is 22.2 Å². The van der Waals surface area contributed by atoms with Crippen molar-refractivity contribution in [2.24, 2.45) is 7.05 Å². The molecule has 28 heavy (non-hydrogen) atoms. The minimum absolute atomic E-state index is 0.258. The van der Waals surface area contributed by atoms with Gasteiger partial charge in [0.1, 0.15) is 17.4 Å². The van der Waals surface area contributed by atoms with Crippen LogP contribution in [0.3, 0.4) is 0 Å². The molecule has 4 aromatic rings. The van der Waals surface area contributed by atoms with Gasteiger partial charge in [0.15, 0.2) is 0 Å². The van der Waals surface area contributed by atoms with Crippen molar-refractivity contribution in [2.45, 2.75) is 13.8 Å². The van der Waals surface area contributed by atoms with Gasteiger partial charge in [0.2, 0.25) is 0 Å². The molecular formula is C22H18N4O2. The quantitative estimate of drug-likeness (QED) is 0.572. The van der Waals surface area contributed by atoms with Gasteiger partial charge in [-0.15, -0.1) is 0 Å². The summed E-state index contributed by atoms with van der Waals surface area (Å²) >= 11 is 0. The lowest BCUT2D eigenvalue weighted by molar-refractivity contribution is 0.102. The lowest BCUT2D eigenvalue weighted by Gasteiger charge is -2.08. The van der Waals surface area contributed by atoms with Gasteiger partial charge < -0.3 is 14.4 Å². The fourth-order valence-corrected chi connectivity index (χ4v) is 3.56. The van der Waals surface area contributed by atoms with Gasteiger partial charge in [0.05, 0.1) is 17.0 Å². The van der Waals surface area contributed by atoms with E-state index in [9.17, 15) is 10.1 Å². The Morgan fingerprint density at radius 1 is 1.14 bits per heavy atom. The largest absolute Gasteiger partial charge is 0.361 e. The molecule has 0 unspecified atom stereocenters. The number of anilines is 1. The van der Waals surface area contributed by atoms with E-state index in [0.717, 1.165) is 22.2 Å². The number of aromatic nitrogens is 2. The molecule has 138 valence electrons. The Morgan fingerprint density at radius 2 is 1.86 bits per heavy atom. The Morgan fingerprint density at radius 3 is 2.50 bits per heavy atom. The van der Waals surface area contributed by atoms with Gasteiger partial charge in [-0.2, -0.15) is 5.26 Å². The Hall–Kier alpha value is -3.85. The Kier molecular flexibility index (Phi) is 4.21. The van der Waals surface area contributed by atoms with E-state index in [2.05, 4.69) is 16.5 Å². The van der Waals surface area contributed by atoms with Crippen molar-refractivity contribution in [3.8, 4) is 17.3 Å². The van der Waals surface area contributed by atoms with Gasteiger partial charge in [-0.3, -0.25) is 4.79 Å².